The third kappa shape index (κ3) is 5.49. The molecule has 3 aromatic carbocycles. The van der Waals surface area contributed by atoms with E-state index in [-0.39, 0.29) is 36.4 Å². The van der Waals surface area contributed by atoms with Gasteiger partial charge in [-0.3, -0.25) is 14.4 Å². The van der Waals surface area contributed by atoms with Gasteiger partial charge in [0, 0.05) is 19.1 Å². The molecule has 2 aliphatic rings. The van der Waals surface area contributed by atoms with Gasteiger partial charge in [0.05, 0.1) is 18.6 Å². The number of carbonyl (C=O) groups is 3. The first-order chi connectivity index (χ1) is 20.0. The van der Waals surface area contributed by atoms with Crippen molar-refractivity contribution in [3.63, 3.8) is 0 Å². The third-order valence-electron chi connectivity index (χ3n) is 8.34. The molecule has 2 atom stereocenters. The molecule has 41 heavy (non-hydrogen) atoms. The number of rotatable bonds is 8. The first-order valence-corrected chi connectivity index (χ1v) is 14.1. The predicted molar refractivity (Wildman–Crippen MR) is 157 cm³/mol. The second-order valence-electron chi connectivity index (χ2n) is 10.6. The molecule has 0 bridgehead atoms. The van der Waals surface area contributed by atoms with Crippen LogP contribution in [0.3, 0.4) is 0 Å². The van der Waals surface area contributed by atoms with Crippen LogP contribution in [-0.2, 0) is 19.7 Å². The van der Waals surface area contributed by atoms with E-state index in [4.69, 9.17) is 9.47 Å². The van der Waals surface area contributed by atoms with E-state index in [9.17, 15) is 14.4 Å². The highest BCUT2D eigenvalue weighted by Crippen LogP contribution is 2.48. The van der Waals surface area contributed by atoms with Gasteiger partial charge in [-0.15, -0.1) is 0 Å². The molecule has 7 nitrogen and oxygen atoms in total. The van der Waals surface area contributed by atoms with Gasteiger partial charge in [0.1, 0.15) is 17.8 Å². The standard InChI is InChI=1S/C34H36N2O5/c1-3-23-41-33(39)34(24-11-5-4-6-12-24)20-17-27(26-13-7-9-15-29(26)34)32(38)36-21-18-25(19-22-36)35-31(37)28-14-8-10-16-30(28)40-2/h3-16,25,27H,1,17-23H2,2H3,(H,35,37)/t27-,34+/m1/s1. The van der Waals surface area contributed by atoms with E-state index < -0.39 is 5.41 Å². The normalized spacial score (nSPS) is 20.4. The number of carbonyl (C=O) groups excluding carboxylic acids is 3. The zero-order valence-electron chi connectivity index (χ0n) is 23.4. The topological polar surface area (TPSA) is 84.9 Å². The van der Waals surface area contributed by atoms with Crippen molar-refractivity contribution in [3.8, 4) is 5.75 Å². The number of amides is 2. The van der Waals surface area contributed by atoms with Crippen molar-refractivity contribution in [1.82, 2.24) is 10.2 Å². The van der Waals surface area contributed by atoms with Crippen LogP contribution in [0.25, 0.3) is 0 Å². The number of hydrogen-bond donors (Lipinski definition) is 1. The monoisotopic (exact) mass is 552 g/mol. The summed E-state index contributed by atoms with van der Waals surface area (Å²) in [5.74, 6) is -0.251. The predicted octanol–water partition coefficient (Wildman–Crippen LogP) is 5.01. The van der Waals surface area contributed by atoms with Gasteiger partial charge >= 0.3 is 5.97 Å². The summed E-state index contributed by atoms with van der Waals surface area (Å²) in [6.45, 7) is 4.93. The fourth-order valence-corrected chi connectivity index (χ4v) is 6.27. The number of para-hydroxylation sites is 1. The fraction of sp³-hybridized carbons (Fsp3) is 0.324. The number of benzene rings is 3. The van der Waals surface area contributed by atoms with Gasteiger partial charge in [-0.25, -0.2) is 0 Å². The van der Waals surface area contributed by atoms with Crippen LogP contribution in [0, 0.1) is 0 Å². The smallest absolute Gasteiger partial charge is 0.321 e. The molecule has 1 fully saturated rings. The Hall–Kier alpha value is -4.39. The molecule has 1 aliphatic carbocycles. The number of likely N-dealkylation sites (tertiary alicyclic amines) is 1. The molecule has 1 saturated heterocycles. The van der Waals surface area contributed by atoms with E-state index in [2.05, 4.69) is 11.9 Å². The van der Waals surface area contributed by atoms with E-state index >= 15 is 0 Å². The number of esters is 1. The van der Waals surface area contributed by atoms with Gasteiger partial charge in [-0.1, -0.05) is 79.4 Å². The maximum atomic E-state index is 13.9. The lowest BCUT2D eigenvalue weighted by molar-refractivity contribution is -0.149. The largest absolute Gasteiger partial charge is 0.496 e. The maximum Gasteiger partial charge on any atom is 0.321 e. The SMILES string of the molecule is C=CCOC(=O)[C@]1(c2ccccc2)CC[C@@H](C(=O)N2CCC(NC(=O)c3ccccc3OC)CC2)c2ccccc21. The number of nitrogens with zero attached hydrogens (tertiary/aromatic N) is 1. The molecule has 0 spiro atoms. The van der Waals surface area contributed by atoms with Crippen molar-refractivity contribution in [1.29, 1.82) is 0 Å². The number of nitrogens with one attached hydrogen (secondary N) is 1. The zero-order chi connectivity index (χ0) is 28.8. The number of piperidine rings is 1. The minimum Gasteiger partial charge on any atom is -0.496 e. The average molecular weight is 553 g/mol. The van der Waals surface area contributed by atoms with Gasteiger partial charge < -0.3 is 19.7 Å². The minimum absolute atomic E-state index is 0.0273. The number of methoxy groups -OCH3 is 1. The third-order valence-corrected chi connectivity index (χ3v) is 8.34. The molecular weight excluding hydrogens is 516 g/mol. The Morgan fingerprint density at radius 1 is 0.951 bits per heavy atom. The van der Waals surface area contributed by atoms with Crippen molar-refractivity contribution in [2.24, 2.45) is 0 Å². The van der Waals surface area contributed by atoms with Crippen molar-refractivity contribution >= 4 is 17.8 Å². The molecule has 1 N–H and O–H groups in total. The Kier molecular flexibility index (Phi) is 8.53. The first-order valence-electron chi connectivity index (χ1n) is 14.1. The van der Waals surface area contributed by atoms with Gasteiger partial charge in [-0.2, -0.15) is 0 Å². The molecule has 5 rings (SSSR count). The Balaban J connectivity index is 1.33. The van der Waals surface area contributed by atoms with Gasteiger partial charge in [0.15, 0.2) is 0 Å². The Morgan fingerprint density at radius 3 is 2.37 bits per heavy atom. The van der Waals surface area contributed by atoms with Crippen LogP contribution >= 0.6 is 0 Å². The van der Waals surface area contributed by atoms with Crippen molar-refractivity contribution in [2.75, 3.05) is 26.8 Å². The minimum atomic E-state index is -0.993. The molecule has 0 radical (unpaired) electrons. The number of fused-ring (bicyclic) bond motifs is 1. The van der Waals surface area contributed by atoms with E-state index in [0.29, 0.717) is 50.1 Å². The quantitative estimate of drug-likeness (QED) is 0.314. The highest BCUT2D eigenvalue weighted by atomic mass is 16.5. The summed E-state index contributed by atoms with van der Waals surface area (Å²) in [6, 6.07) is 24.6. The highest BCUT2D eigenvalue weighted by molar-refractivity contribution is 5.97. The fourth-order valence-electron chi connectivity index (χ4n) is 6.27. The van der Waals surface area contributed by atoms with Crippen LogP contribution in [-0.4, -0.2) is 55.5 Å². The lowest BCUT2D eigenvalue weighted by Crippen LogP contribution is -2.49. The maximum absolute atomic E-state index is 13.9. The zero-order valence-corrected chi connectivity index (χ0v) is 23.4. The molecule has 7 heteroatoms. The molecular formula is C34H36N2O5. The van der Waals surface area contributed by atoms with Gasteiger partial charge in [0.25, 0.3) is 5.91 Å². The van der Waals surface area contributed by atoms with Crippen LogP contribution < -0.4 is 10.1 Å². The highest BCUT2D eigenvalue weighted by Gasteiger charge is 2.50. The molecule has 0 unspecified atom stereocenters. The first kappa shape index (κ1) is 28.1. The second kappa shape index (κ2) is 12.4. The molecule has 0 aromatic heterocycles. The molecule has 1 heterocycles. The second-order valence-corrected chi connectivity index (χ2v) is 10.6. The van der Waals surface area contributed by atoms with E-state index in [1.807, 2.05) is 71.6 Å². The number of ether oxygens (including phenoxy) is 2. The molecule has 0 saturated carbocycles. The van der Waals surface area contributed by atoms with Crippen molar-refractivity contribution in [3.05, 3.63) is 114 Å². The lowest BCUT2D eigenvalue weighted by Gasteiger charge is -2.42. The van der Waals surface area contributed by atoms with Crippen LogP contribution in [0.15, 0.2) is 91.5 Å². The van der Waals surface area contributed by atoms with Gasteiger partial charge in [-0.05, 0) is 54.5 Å². The summed E-state index contributed by atoms with van der Waals surface area (Å²) < 4.78 is 11.0. The Labute approximate surface area is 241 Å². The van der Waals surface area contributed by atoms with Crippen molar-refractivity contribution in [2.45, 2.75) is 43.1 Å². The van der Waals surface area contributed by atoms with Gasteiger partial charge in [0.2, 0.25) is 5.91 Å². The summed E-state index contributed by atoms with van der Waals surface area (Å²) in [6.07, 6.45) is 3.90. The Bertz CT molecular complexity index is 1410. The summed E-state index contributed by atoms with van der Waals surface area (Å²) in [5, 5.41) is 3.11. The van der Waals surface area contributed by atoms with Crippen LogP contribution in [0.4, 0.5) is 0 Å². The summed E-state index contributed by atoms with van der Waals surface area (Å²) in [4.78, 5) is 42.4. The molecule has 2 amide bonds. The molecule has 3 aromatic rings. The average Bonchev–Trinajstić information content (AvgIpc) is 3.03. The molecule has 212 valence electrons. The number of hydrogen-bond acceptors (Lipinski definition) is 5. The summed E-state index contributed by atoms with van der Waals surface area (Å²) in [7, 11) is 1.55. The van der Waals surface area contributed by atoms with Crippen molar-refractivity contribution < 1.29 is 23.9 Å². The summed E-state index contributed by atoms with van der Waals surface area (Å²) in [5.41, 5.74) is 2.06. The van der Waals surface area contributed by atoms with Crippen LogP contribution in [0.2, 0.25) is 0 Å². The molecule has 1 aliphatic heterocycles. The van der Waals surface area contributed by atoms with Crippen LogP contribution in [0.5, 0.6) is 5.75 Å². The summed E-state index contributed by atoms with van der Waals surface area (Å²) >= 11 is 0. The van der Waals surface area contributed by atoms with E-state index in [1.54, 1.807) is 25.3 Å². The lowest BCUT2D eigenvalue weighted by atomic mass is 9.63. The Morgan fingerprint density at radius 2 is 1.63 bits per heavy atom. The van der Waals surface area contributed by atoms with E-state index in [1.165, 1.54) is 0 Å². The van der Waals surface area contributed by atoms with E-state index in [0.717, 1.165) is 16.7 Å². The van der Waals surface area contributed by atoms with Crippen LogP contribution in [0.1, 0.15) is 58.6 Å².